The molecule has 6 nitrogen and oxygen atoms in total. The molecule has 14 heteroatoms. The van der Waals surface area contributed by atoms with Gasteiger partial charge in [0.2, 0.25) is 0 Å². The van der Waals surface area contributed by atoms with E-state index in [1.54, 1.807) is 0 Å². The molecule has 0 aliphatic carbocycles. The van der Waals surface area contributed by atoms with Gasteiger partial charge in [0.15, 0.2) is 0 Å². The van der Waals surface area contributed by atoms with Crippen molar-refractivity contribution in [3.8, 4) is 0 Å². The fourth-order valence-electron chi connectivity index (χ4n) is 12.4. The molecule has 0 amide bonds. The van der Waals surface area contributed by atoms with Gasteiger partial charge in [-0.3, -0.25) is 0 Å². The number of aromatic carboxylic acids is 2. The Kier molecular flexibility index (Phi) is 24.1. The van der Waals surface area contributed by atoms with Gasteiger partial charge < -0.3 is 10.2 Å². The minimum atomic E-state index is -2.38. The Bertz CT molecular complexity index is 3490. The average molecular weight is 1380 g/mol. The van der Waals surface area contributed by atoms with Crippen LogP contribution in [-0.2, 0) is 0 Å². The van der Waals surface area contributed by atoms with Crippen LogP contribution in [0.4, 0.5) is 0 Å². The number of carboxylic acids is 2. The molecule has 13 aromatic carbocycles. The molecule has 0 radical (unpaired) electrons. The molecule has 0 fully saturated rings. The van der Waals surface area contributed by atoms with E-state index in [4.69, 9.17) is 10.2 Å². The molecule has 0 aliphatic heterocycles. The Morgan fingerprint density at radius 3 is 0.404 bits per heavy atom. The van der Waals surface area contributed by atoms with Crippen LogP contribution in [0.1, 0.15) is 20.7 Å². The van der Waals surface area contributed by atoms with E-state index in [9.17, 15) is 9.59 Å². The van der Waals surface area contributed by atoms with E-state index in [1.807, 2.05) is 0 Å². The molecule has 94 heavy (non-hydrogen) atoms. The molecule has 0 spiro atoms. The zero-order chi connectivity index (χ0) is 64.7. The van der Waals surface area contributed by atoms with Crippen molar-refractivity contribution in [1.29, 1.82) is 0 Å². The second kappa shape index (κ2) is 33.5. The second-order valence-corrected chi connectivity index (χ2v) is 50.2. The molecule has 4 atom stereocenters. The van der Waals surface area contributed by atoms with Crippen LogP contribution in [0.2, 0.25) is 0 Å². The van der Waals surface area contributed by atoms with Crippen LogP contribution in [0.25, 0.3) is 0 Å². The molecule has 0 bridgehead atoms. The summed E-state index contributed by atoms with van der Waals surface area (Å²) in [5.74, 6) is -2.46. The molecule has 0 aromatic heterocycles. The van der Waals surface area contributed by atoms with Crippen molar-refractivity contribution in [2.45, 2.75) is 0 Å². The van der Waals surface area contributed by atoms with E-state index in [0.29, 0.717) is 33.7 Å². The standard InChI is InChI=1S/2C36H35NP4.C8H6O4/c2*1-7-19-31(20-8-1)40(32-21-9-2-10-22-32,33-23-11-3-12-24-33)38-37-39-41(34-25-13-4-14-26-34,35-27-15-5-16-28-35)36-29-17-6-18-30-36;9-7(10)5-3-1-2-4-6(5)8(11)12/h2*1-30,37-41H;1-4H,(H,9,10)(H,11,12). The summed E-state index contributed by atoms with van der Waals surface area (Å²) in [6.45, 7) is -9.52. The first-order chi connectivity index (χ1) is 46.3. The van der Waals surface area contributed by atoms with E-state index < -0.39 is 39.7 Å². The summed E-state index contributed by atoms with van der Waals surface area (Å²) in [4.78, 5) is 29.4. The predicted octanol–water partition coefficient (Wildman–Crippen LogP) is 15.2. The summed E-state index contributed by atoms with van der Waals surface area (Å²) < 4.78 is 0. The molecule has 13 aromatic rings. The Hall–Kier alpha value is -7.84. The van der Waals surface area contributed by atoms with Crippen LogP contribution >= 0.6 is 61.5 Å². The summed E-state index contributed by atoms with van der Waals surface area (Å²) >= 11 is 0. The third kappa shape index (κ3) is 15.3. The van der Waals surface area contributed by atoms with Crippen LogP contribution in [0.3, 0.4) is 0 Å². The first-order valence-electron chi connectivity index (χ1n) is 31.1. The second-order valence-electron chi connectivity index (χ2n) is 22.3. The molecule has 4 N–H and O–H groups in total. The fourth-order valence-corrected chi connectivity index (χ4v) is 52.4. The van der Waals surface area contributed by atoms with Gasteiger partial charge in [0.05, 0.1) is 11.1 Å². The van der Waals surface area contributed by atoms with E-state index >= 15 is 0 Å². The normalized spacial score (nSPS) is 12.6. The van der Waals surface area contributed by atoms with Gasteiger partial charge in [-0.1, -0.05) is 12.1 Å². The van der Waals surface area contributed by atoms with Crippen LogP contribution in [0, 0.1) is 0 Å². The molecular formula is C80H76N2O4P8. The van der Waals surface area contributed by atoms with Gasteiger partial charge in [0.1, 0.15) is 0 Å². The van der Waals surface area contributed by atoms with Crippen molar-refractivity contribution in [2.24, 2.45) is 0 Å². The zero-order valence-electron chi connectivity index (χ0n) is 51.7. The van der Waals surface area contributed by atoms with Gasteiger partial charge in [-0.2, -0.15) is 0 Å². The van der Waals surface area contributed by atoms with Crippen molar-refractivity contribution in [3.05, 3.63) is 399 Å². The third-order valence-corrected chi connectivity index (χ3v) is 54.2. The van der Waals surface area contributed by atoms with Crippen LogP contribution in [-0.4, -0.2) is 22.2 Å². The minimum absolute atomic E-state index is 0.190. The van der Waals surface area contributed by atoms with Crippen molar-refractivity contribution in [1.82, 2.24) is 9.72 Å². The fraction of sp³-hybridized carbons (Fsp3) is 0. The first-order valence-corrected chi connectivity index (χ1v) is 47.1. The molecule has 0 saturated heterocycles. The summed E-state index contributed by atoms with van der Waals surface area (Å²) in [7, 11) is 2.28. The number of hydrogen-bond donors (Lipinski definition) is 4. The van der Waals surface area contributed by atoms with E-state index in [2.05, 4.69) is 374 Å². The number of hydrogen-bond acceptors (Lipinski definition) is 4. The Morgan fingerprint density at radius 1 is 0.191 bits per heavy atom. The molecule has 0 saturated carbocycles. The molecule has 0 aliphatic rings. The Labute approximate surface area is 562 Å². The van der Waals surface area contributed by atoms with Crippen LogP contribution in [0.15, 0.2) is 388 Å². The third-order valence-electron chi connectivity index (χ3n) is 16.9. The summed E-state index contributed by atoms with van der Waals surface area (Å²) in [5, 5.41) is 34.4. The summed E-state index contributed by atoms with van der Waals surface area (Å²) in [6, 6.07) is 140. The average Bonchev–Trinajstić information content (AvgIpc) is 0.779. The molecular weight excluding hydrogens is 1300 g/mol. The van der Waals surface area contributed by atoms with Crippen molar-refractivity contribution in [2.75, 3.05) is 0 Å². The summed E-state index contributed by atoms with van der Waals surface area (Å²) in [6.07, 6.45) is 0. The monoisotopic (exact) mass is 1380 g/mol. The number of carbonyl (C=O) groups is 2. The quantitative estimate of drug-likeness (QED) is 0.0505. The number of rotatable bonds is 22. The van der Waals surface area contributed by atoms with Crippen molar-refractivity contribution in [3.63, 3.8) is 0 Å². The number of nitrogens with one attached hydrogen (secondary N) is 2. The molecule has 4 unspecified atom stereocenters. The Balaban J connectivity index is 0.000000163. The molecule has 13 rings (SSSR count). The van der Waals surface area contributed by atoms with Crippen LogP contribution < -0.4 is 73.4 Å². The predicted molar refractivity (Wildman–Crippen MR) is 426 cm³/mol. The zero-order valence-corrected chi connectivity index (χ0v) is 59.7. The maximum atomic E-state index is 10.5. The van der Waals surface area contributed by atoms with Gasteiger partial charge in [-0.25, -0.2) is 9.59 Å². The van der Waals surface area contributed by atoms with Crippen molar-refractivity contribution >= 4 is 137 Å². The van der Waals surface area contributed by atoms with Gasteiger partial charge in [0.25, 0.3) is 0 Å². The van der Waals surface area contributed by atoms with Gasteiger partial charge >= 0.3 is 511 Å². The first kappa shape index (κ1) is 67.6. The van der Waals surface area contributed by atoms with Gasteiger partial charge in [-0.05, 0) is 12.1 Å². The van der Waals surface area contributed by atoms with Gasteiger partial charge in [-0.15, -0.1) is 0 Å². The molecule has 470 valence electrons. The maximum absolute atomic E-state index is 10.5. The van der Waals surface area contributed by atoms with Crippen molar-refractivity contribution < 1.29 is 19.8 Å². The van der Waals surface area contributed by atoms with E-state index in [-0.39, 0.29) is 11.1 Å². The van der Waals surface area contributed by atoms with E-state index in [0.717, 1.165) is 0 Å². The SMILES string of the molecule is O=C(O)c1ccccc1C(=O)O.c1ccc([PH](PNP[PH](c2ccccc2)(c2ccccc2)c2ccccc2)(c2ccccc2)c2ccccc2)cc1.c1ccc([PH](PNP[PH](c2ccccc2)(c2ccccc2)c2ccccc2)(c2ccccc2)c2ccccc2)cc1. The number of benzene rings is 13. The molecule has 0 heterocycles. The Morgan fingerprint density at radius 2 is 0.298 bits per heavy atom. The van der Waals surface area contributed by atoms with Crippen LogP contribution in [0.5, 0.6) is 0 Å². The topological polar surface area (TPSA) is 98.7 Å². The summed E-state index contributed by atoms with van der Waals surface area (Å²) in [5.41, 5.74) is -0.380. The van der Waals surface area contributed by atoms with E-state index in [1.165, 1.54) is 87.9 Å². The number of carboxylic acid groups (broad SMARTS) is 2. The van der Waals surface area contributed by atoms with Gasteiger partial charge in [0, 0.05) is 0 Å².